The van der Waals surface area contributed by atoms with Crippen LogP contribution >= 0.6 is 0 Å². The molecule has 28 heavy (non-hydrogen) atoms. The van der Waals surface area contributed by atoms with Gasteiger partial charge in [-0.3, -0.25) is 4.79 Å². The number of hydrogen-bond acceptors (Lipinski definition) is 5. The lowest BCUT2D eigenvalue weighted by atomic mass is 10.1. The summed E-state index contributed by atoms with van der Waals surface area (Å²) in [7, 11) is 4.28. The number of nitrogens with one attached hydrogen (secondary N) is 2. The third-order valence-corrected chi connectivity index (χ3v) is 3.94. The fraction of sp³-hybridized carbons (Fsp3) is 0.222. The summed E-state index contributed by atoms with van der Waals surface area (Å²) in [5, 5.41) is 2.62. The van der Waals surface area contributed by atoms with Crippen LogP contribution in [-0.4, -0.2) is 37.2 Å². The molecule has 7 nitrogen and oxygen atoms in total. The Balaban J connectivity index is 1.90. The highest BCUT2D eigenvalue weighted by Gasteiger charge is 2.34. The number of rotatable bonds is 5. The Morgan fingerprint density at radius 1 is 1.04 bits per heavy atom. The molecule has 3 aromatic rings. The second-order valence-corrected chi connectivity index (χ2v) is 5.68. The van der Waals surface area contributed by atoms with Crippen molar-refractivity contribution in [3.8, 4) is 17.2 Å². The number of alkyl halides is 3. The first-order valence-electron chi connectivity index (χ1n) is 7.95. The molecule has 0 spiro atoms. The molecule has 0 aliphatic rings. The fourth-order valence-electron chi connectivity index (χ4n) is 2.64. The number of hydrogen-bond donors (Lipinski definition) is 2. The topological polar surface area (TPSA) is 85.5 Å². The maximum absolute atomic E-state index is 12.8. The quantitative estimate of drug-likeness (QED) is 0.685. The van der Waals surface area contributed by atoms with Crippen molar-refractivity contribution in [2.75, 3.05) is 26.6 Å². The average Bonchev–Trinajstić information content (AvgIpc) is 3.10. The van der Waals surface area contributed by atoms with Crippen molar-refractivity contribution in [3.63, 3.8) is 0 Å². The molecule has 0 aliphatic carbocycles. The number of methoxy groups -OCH3 is 3. The van der Waals surface area contributed by atoms with Crippen LogP contribution in [0.2, 0.25) is 0 Å². The van der Waals surface area contributed by atoms with Crippen LogP contribution in [0.15, 0.2) is 30.3 Å². The predicted octanol–water partition coefficient (Wildman–Crippen LogP) is 3.86. The predicted molar refractivity (Wildman–Crippen MR) is 95.1 cm³/mol. The molecule has 0 aliphatic heterocycles. The van der Waals surface area contributed by atoms with Crippen molar-refractivity contribution in [2.45, 2.75) is 6.18 Å². The molecule has 2 aromatic carbocycles. The summed E-state index contributed by atoms with van der Waals surface area (Å²) >= 11 is 0. The number of carbonyl (C=O) groups is 1. The molecule has 2 N–H and O–H groups in total. The molecule has 0 atom stereocenters. The van der Waals surface area contributed by atoms with Crippen molar-refractivity contribution in [1.29, 1.82) is 0 Å². The minimum absolute atomic E-state index is 0.137. The van der Waals surface area contributed by atoms with E-state index in [1.165, 1.54) is 51.7 Å². The third kappa shape index (κ3) is 3.66. The molecular weight excluding hydrogens is 379 g/mol. The number of nitrogens with zero attached hydrogens (tertiary/aromatic N) is 1. The minimum Gasteiger partial charge on any atom is -0.493 e. The van der Waals surface area contributed by atoms with Gasteiger partial charge in [0.15, 0.2) is 11.5 Å². The van der Waals surface area contributed by atoms with Crippen LogP contribution in [0.3, 0.4) is 0 Å². The molecule has 0 saturated carbocycles. The highest BCUT2D eigenvalue weighted by molar-refractivity contribution is 6.05. The largest absolute Gasteiger partial charge is 0.493 e. The molecule has 1 aromatic heterocycles. The van der Waals surface area contributed by atoms with Gasteiger partial charge >= 0.3 is 6.18 Å². The lowest BCUT2D eigenvalue weighted by molar-refractivity contribution is -0.144. The Morgan fingerprint density at radius 2 is 1.68 bits per heavy atom. The molecule has 3 rings (SSSR count). The van der Waals surface area contributed by atoms with E-state index in [4.69, 9.17) is 14.2 Å². The highest BCUT2D eigenvalue weighted by Crippen LogP contribution is 2.38. The number of H-pyrrole nitrogens is 1. The standard InChI is InChI=1S/C18H16F3N3O4/c1-26-13-6-9(7-14(27-2)15(13)28-3)16(25)22-10-4-5-11-12(8-10)24-17(23-11)18(19,20)21/h4-8H,1-3H3,(H,22,25)(H,23,24). The van der Waals surface area contributed by atoms with Gasteiger partial charge in [-0.05, 0) is 30.3 Å². The van der Waals surface area contributed by atoms with Crippen LogP contribution in [0, 0.1) is 0 Å². The van der Waals surface area contributed by atoms with Crippen LogP contribution < -0.4 is 19.5 Å². The average molecular weight is 395 g/mol. The van der Waals surface area contributed by atoms with E-state index in [0.29, 0.717) is 22.9 Å². The van der Waals surface area contributed by atoms with Crippen LogP contribution in [0.25, 0.3) is 11.0 Å². The van der Waals surface area contributed by atoms with Crippen molar-refractivity contribution < 1.29 is 32.2 Å². The zero-order valence-electron chi connectivity index (χ0n) is 15.1. The molecule has 0 radical (unpaired) electrons. The zero-order chi connectivity index (χ0) is 20.5. The second-order valence-electron chi connectivity index (χ2n) is 5.68. The molecule has 0 bridgehead atoms. The van der Waals surface area contributed by atoms with Gasteiger partial charge in [0.2, 0.25) is 11.6 Å². The number of benzene rings is 2. The molecule has 0 saturated heterocycles. The summed E-state index contributed by atoms with van der Waals surface area (Å²) in [4.78, 5) is 18.3. The van der Waals surface area contributed by atoms with E-state index in [1.54, 1.807) is 0 Å². The van der Waals surface area contributed by atoms with Crippen LogP contribution in [-0.2, 0) is 6.18 Å². The smallest absolute Gasteiger partial charge is 0.449 e. The summed E-state index contributed by atoms with van der Waals surface area (Å²) in [6, 6.07) is 7.14. The summed E-state index contributed by atoms with van der Waals surface area (Å²) in [5.41, 5.74) is 0.798. The number of carbonyl (C=O) groups excluding carboxylic acids is 1. The van der Waals surface area contributed by atoms with Gasteiger partial charge in [-0.2, -0.15) is 13.2 Å². The number of amides is 1. The van der Waals surface area contributed by atoms with E-state index in [1.807, 2.05) is 0 Å². The van der Waals surface area contributed by atoms with E-state index >= 15 is 0 Å². The monoisotopic (exact) mass is 395 g/mol. The Labute approximate surface area is 157 Å². The lowest BCUT2D eigenvalue weighted by Gasteiger charge is -2.14. The summed E-state index contributed by atoms with van der Waals surface area (Å²) in [6.45, 7) is 0. The fourth-order valence-corrected chi connectivity index (χ4v) is 2.64. The Morgan fingerprint density at radius 3 is 2.21 bits per heavy atom. The molecule has 10 heteroatoms. The van der Waals surface area contributed by atoms with Gasteiger partial charge in [0, 0.05) is 11.3 Å². The van der Waals surface area contributed by atoms with Crippen LogP contribution in [0.1, 0.15) is 16.2 Å². The first-order valence-corrected chi connectivity index (χ1v) is 7.95. The summed E-state index contributed by atoms with van der Waals surface area (Å²) in [5.74, 6) is -0.679. The Bertz CT molecular complexity index is 1010. The maximum atomic E-state index is 12.8. The molecule has 0 fully saturated rings. The van der Waals surface area contributed by atoms with Crippen molar-refractivity contribution in [3.05, 3.63) is 41.7 Å². The van der Waals surface area contributed by atoms with E-state index in [-0.39, 0.29) is 16.6 Å². The van der Waals surface area contributed by atoms with E-state index in [9.17, 15) is 18.0 Å². The molecule has 148 valence electrons. The van der Waals surface area contributed by atoms with Gasteiger partial charge in [-0.1, -0.05) is 0 Å². The first kappa shape index (κ1) is 19.3. The molecule has 0 unspecified atom stereocenters. The zero-order valence-corrected chi connectivity index (χ0v) is 15.1. The highest BCUT2D eigenvalue weighted by atomic mass is 19.4. The van der Waals surface area contributed by atoms with Crippen LogP contribution in [0.4, 0.5) is 18.9 Å². The normalized spacial score (nSPS) is 11.4. The van der Waals surface area contributed by atoms with Crippen molar-refractivity contribution >= 4 is 22.6 Å². The minimum atomic E-state index is -4.58. The SMILES string of the molecule is COc1cc(C(=O)Nc2ccc3nc(C(F)(F)F)[nH]c3c2)cc(OC)c1OC. The van der Waals surface area contributed by atoms with Gasteiger partial charge in [0.25, 0.3) is 5.91 Å². The Hall–Kier alpha value is -3.43. The van der Waals surface area contributed by atoms with Crippen molar-refractivity contribution in [1.82, 2.24) is 9.97 Å². The molecule has 1 heterocycles. The Kier molecular flexibility index (Phi) is 5.04. The van der Waals surface area contributed by atoms with Gasteiger partial charge in [0.1, 0.15) is 0 Å². The van der Waals surface area contributed by atoms with E-state index < -0.39 is 17.9 Å². The summed E-state index contributed by atoms with van der Waals surface area (Å²) < 4.78 is 53.9. The number of aromatic nitrogens is 2. The number of aromatic amines is 1. The lowest BCUT2D eigenvalue weighted by Crippen LogP contribution is -2.12. The number of anilines is 1. The summed E-state index contributed by atoms with van der Waals surface area (Å²) in [6.07, 6.45) is -4.58. The number of imidazole rings is 1. The first-order chi connectivity index (χ1) is 13.3. The molecule has 1 amide bonds. The van der Waals surface area contributed by atoms with E-state index in [2.05, 4.69) is 15.3 Å². The van der Waals surface area contributed by atoms with Gasteiger partial charge in [-0.15, -0.1) is 0 Å². The van der Waals surface area contributed by atoms with Gasteiger partial charge in [0.05, 0.1) is 32.4 Å². The van der Waals surface area contributed by atoms with Gasteiger partial charge < -0.3 is 24.5 Å². The molecular formula is C18H16F3N3O4. The van der Waals surface area contributed by atoms with E-state index in [0.717, 1.165) is 0 Å². The van der Waals surface area contributed by atoms with Gasteiger partial charge in [-0.25, -0.2) is 4.98 Å². The third-order valence-electron chi connectivity index (χ3n) is 3.94. The van der Waals surface area contributed by atoms with Crippen LogP contribution in [0.5, 0.6) is 17.2 Å². The second kappa shape index (κ2) is 7.29. The number of fused-ring (bicyclic) bond motifs is 1. The number of ether oxygens (including phenoxy) is 3. The number of halogens is 3. The maximum Gasteiger partial charge on any atom is 0.449 e. The van der Waals surface area contributed by atoms with Crippen molar-refractivity contribution in [2.24, 2.45) is 0 Å².